The van der Waals surface area contributed by atoms with Crippen LogP contribution < -0.4 is 10.6 Å². The molecule has 3 amide bonds. The zero-order valence-corrected chi connectivity index (χ0v) is 18.4. The van der Waals surface area contributed by atoms with Gasteiger partial charge in [-0.25, -0.2) is 9.59 Å². The lowest BCUT2D eigenvalue weighted by Gasteiger charge is -2.24. The number of hydrogen-bond donors (Lipinski definition) is 2. The van der Waals surface area contributed by atoms with Gasteiger partial charge in [-0.3, -0.25) is 10.2 Å². The number of thiocarbonyl (C=S) groups is 1. The van der Waals surface area contributed by atoms with E-state index in [4.69, 9.17) is 40.2 Å². The van der Waals surface area contributed by atoms with Crippen LogP contribution >= 0.6 is 35.4 Å². The highest BCUT2D eigenvalue weighted by Crippen LogP contribution is 2.25. The summed E-state index contributed by atoms with van der Waals surface area (Å²) in [4.78, 5) is 27.9. The molecule has 0 saturated carbocycles. The number of urea groups is 1. The molecule has 0 spiro atoms. The van der Waals surface area contributed by atoms with Crippen LogP contribution in [-0.4, -0.2) is 52.8 Å². The predicted octanol–water partition coefficient (Wildman–Crippen LogP) is 5.07. The van der Waals surface area contributed by atoms with Crippen molar-refractivity contribution in [2.75, 3.05) is 30.3 Å². The van der Waals surface area contributed by atoms with Crippen molar-refractivity contribution in [2.24, 2.45) is 0 Å². The van der Waals surface area contributed by atoms with Crippen molar-refractivity contribution in [1.29, 1.82) is 0 Å². The fraction of sp³-hybridized carbons (Fsp3) is 0.250. The molecular formula is C20H20Cl2N4O3S. The number of para-hydroxylation sites is 1. The van der Waals surface area contributed by atoms with Crippen LogP contribution in [0, 0.1) is 0 Å². The maximum absolute atomic E-state index is 12.5. The summed E-state index contributed by atoms with van der Waals surface area (Å²) in [5, 5.41) is 6.53. The maximum Gasteiger partial charge on any atom is 0.411 e. The largest absolute Gasteiger partial charge is 0.444 e. The van der Waals surface area contributed by atoms with Crippen LogP contribution in [0.15, 0.2) is 48.5 Å². The second kappa shape index (κ2) is 9.97. The van der Waals surface area contributed by atoms with Gasteiger partial charge in [0.1, 0.15) is 6.10 Å². The number of anilines is 2. The normalized spacial score (nSPS) is 14.4. The zero-order valence-electron chi connectivity index (χ0n) is 16.1. The average Bonchev–Trinajstić information content (AvgIpc) is 3.05. The van der Waals surface area contributed by atoms with Gasteiger partial charge in [0, 0.05) is 24.5 Å². The van der Waals surface area contributed by atoms with Gasteiger partial charge in [0.05, 0.1) is 16.6 Å². The maximum atomic E-state index is 12.5. The molecule has 0 radical (unpaired) electrons. The highest BCUT2D eigenvalue weighted by molar-refractivity contribution is 7.80. The Balaban J connectivity index is 1.48. The average molecular weight is 467 g/mol. The van der Waals surface area contributed by atoms with Crippen molar-refractivity contribution in [1.82, 2.24) is 9.80 Å². The number of benzene rings is 2. The molecular weight excluding hydrogens is 447 g/mol. The standard InChI is InChI=1S/C20H20Cl2N4O3S/c1-13(29-19(28)24-15-7-8-16(21)17(22)11-15)12-25-9-10-26(20(25)30)18(27)23-14-5-3-2-4-6-14/h2-8,11,13H,9-10,12H2,1H3,(H,23,27)(H,24,28). The van der Waals surface area contributed by atoms with E-state index in [1.54, 1.807) is 31.2 Å². The van der Waals surface area contributed by atoms with Crippen LogP contribution in [0.1, 0.15) is 6.92 Å². The third-order valence-electron chi connectivity index (χ3n) is 4.32. The van der Waals surface area contributed by atoms with Crippen LogP contribution in [0.2, 0.25) is 10.0 Å². The highest BCUT2D eigenvalue weighted by Gasteiger charge is 2.31. The van der Waals surface area contributed by atoms with Gasteiger partial charge in [0.15, 0.2) is 5.11 Å². The summed E-state index contributed by atoms with van der Waals surface area (Å²) in [5.41, 5.74) is 1.17. The molecule has 30 heavy (non-hydrogen) atoms. The first-order chi connectivity index (χ1) is 14.3. The minimum Gasteiger partial charge on any atom is -0.444 e. The second-order valence-electron chi connectivity index (χ2n) is 6.65. The van der Waals surface area contributed by atoms with E-state index in [-0.39, 0.29) is 6.03 Å². The van der Waals surface area contributed by atoms with E-state index in [1.807, 2.05) is 23.1 Å². The van der Waals surface area contributed by atoms with Crippen molar-refractivity contribution in [3.8, 4) is 0 Å². The van der Waals surface area contributed by atoms with Crippen molar-refractivity contribution >= 4 is 64.0 Å². The lowest BCUT2D eigenvalue weighted by Crippen LogP contribution is -2.41. The summed E-state index contributed by atoms with van der Waals surface area (Å²) in [7, 11) is 0. The van der Waals surface area contributed by atoms with E-state index >= 15 is 0 Å². The van der Waals surface area contributed by atoms with Crippen molar-refractivity contribution < 1.29 is 14.3 Å². The van der Waals surface area contributed by atoms with Crippen LogP contribution in [0.5, 0.6) is 0 Å². The first-order valence-corrected chi connectivity index (χ1v) is 10.3. The lowest BCUT2D eigenvalue weighted by atomic mass is 10.3. The van der Waals surface area contributed by atoms with Gasteiger partial charge in [-0.1, -0.05) is 41.4 Å². The molecule has 3 rings (SSSR count). The number of nitrogens with zero attached hydrogens (tertiary/aromatic N) is 2. The van der Waals surface area contributed by atoms with E-state index in [1.165, 1.54) is 11.0 Å². The van der Waals surface area contributed by atoms with Crippen molar-refractivity contribution in [3.05, 3.63) is 58.6 Å². The van der Waals surface area contributed by atoms with Gasteiger partial charge in [-0.15, -0.1) is 0 Å². The number of hydrogen-bond acceptors (Lipinski definition) is 4. The van der Waals surface area contributed by atoms with E-state index < -0.39 is 12.2 Å². The number of carbonyl (C=O) groups is 2. The molecule has 1 atom stereocenters. The summed E-state index contributed by atoms with van der Waals surface area (Å²) in [6, 6.07) is 13.6. The molecule has 2 aromatic rings. The molecule has 1 fully saturated rings. The molecule has 1 aliphatic rings. The number of rotatable bonds is 5. The Labute approximate surface area is 189 Å². The molecule has 0 aromatic heterocycles. The Morgan fingerprint density at radius 2 is 1.80 bits per heavy atom. The SMILES string of the molecule is CC(CN1CCN(C(=O)Nc2ccccc2)C1=S)OC(=O)Nc1ccc(Cl)c(Cl)c1. The fourth-order valence-electron chi connectivity index (χ4n) is 2.90. The smallest absolute Gasteiger partial charge is 0.411 e. The summed E-state index contributed by atoms with van der Waals surface area (Å²) >= 11 is 17.2. The number of ether oxygens (including phenoxy) is 1. The Bertz CT molecular complexity index is 945. The molecule has 10 heteroatoms. The minimum atomic E-state index is -0.621. The lowest BCUT2D eigenvalue weighted by molar-refractivity contribution is 0.108. The third kappa shape index (κ3) is 5.75. The fourth-order valence-corrected chi connectivity index (χ4v) is 3.54. The minimum absolute atomic E-state index is 0.292. The van der Waals surface area contributed by atoms with Gasteiger partial charge in [0.2, 0.25) is 0 Å². The zero-order chi connectivity index (χ0) is 21.7. The number of halogens is 2. The quantitative estimate of drug-likeness (QED) is 0.601. The first kappa shape index (κ1) is 22.1. The third-order valence-corrected chi connectivity index (χ3v) is 5.53. The summed E-state index contributed by atoms with van der Waals surface area (Å²) in [6.07, 6.45) is -1.08. The number of nitrogens with one attached hydrogen (secondary N) is 2. The van der Waals surface area contributed by atoms with Gasteiger partial charge in [0.25, 0.3) is 0 Å². The van der Waals surface area contributed by atoms with E-state index in [0.29, 0.717) is 46.2 Å². The molecule has 0 aliphatic carbocycles. The molecule has 1 saturated heterocycles. The van der Waals surface area contributed by atoms with E-state index in [2.05, 4.69) is 10.6 Å². The summed E-state index contributed by atoms with van der Waals surface area (Å²) in [6.45, 7) is 3.13. The van der Waals surface area contributed by atoms with E-state index in [0.717, 1.165) is 0 Å². The van der Waals surface area contributed by atoms with Crippen LogP contribution in [0.25, 0.3) is 0 Å². The van der Waals surface area contributed by atoms with Crippen molar-refractivity contribution in [3.63, 3.8) is 0 Å². The Morgan fingerprint density at radius 1 is 1.07 bits per heavy atom. The highest BCUT2D eigenvalue weighted by atomic mass is 35.5. The molecule has 7 nitrogen and oxygen atoms in total. The second-order valence-corrected chi connectivity index (χ2v) is 7.83. The van der Waals surface area contributed by atoms with Gasteiger partial charge in [-0.2, -0.15) is 0 Å². The molecule has 2 N–H and O–H groups in total. The Hall–Kier alpha value is -2.55. The Kier molecular flexibility index (Phi) is 7.36. The number of carbonyl (C=O) groups excluding carboxylic acids is 2. The molecule has 1 unspecified atom stereocenters. The molecule has 158 valence electrons. The molecule has 1 heterocycles. The van der Waals surface area contributed by atoms with Gasteiger partial charge in [-0.05, 0) is 49.5 Å². The van der Waals surface area contributed by atoms with Crippen LogP contribution in [0.4, 0.5) is 21.0 Å². The Morgan fingerprint density at radius 3 is 2.50 bits per heavy atom. The first-order valence-electron chi connectivity index (χ1n) is 9.18. The molecule has 0 bridgehead atoms. The van der Waals surface area contributed by atoms with Gasteiger partial charge < -0.3 is 15.0 Å². The summed E-state index contributed by atoms with van der Waals surface area (Å²) in [5.74, 6) is 0. The van der Waals surface area contributed by atoms with E-state index in [9.17, 15) is 9.59 Å². The van der Waals surface area contributed by atoms with Gasteiger partial charge >= 0.3 is 12.1 Å². The molecule has 1 aliphatic heterocycles. The van der Waals surface area contributed by atoms with Crippen LogP contribution in [0.3, 0.4) is 0 Å². The van der Waals surface area contributed by atoms with Crippen molar-refractivity contribution in [2.45, 2.75) is 13.0 Å². The van der Waals surface area contributed by atoms with Crippen LogP contribution in [-0.2, 0) is 4.74 Å². The molecule has 2 aromatic carbocycles. The predicted molar refractivity (Wildman–Crippen MR) is 122 cm³/mol. The summed E-state index contributed by atoms with van der Waals surface area (Å²) < 4.78 is 5.38. The monoisotopic (exact) mass is 466 g/mol. The number of amides is 3. The topological polar surface area (TPSA) is 73.9 Å².